The van der Waals surface area contributed by atoms with E-state index in [1.165, 1.54) is 45.4 Å². The zero-order valence-electron chi connectivity index (χ0n) is 21.2. The summed E-state index contributed by atoms with van der Waals surface area (Å²) in [5.74, 6) is 0.143. The first-order valence-electron chi connectivity index (χ1n) is 12.9. The molecule has 0 aliphatic heterocycles. The standard InChI is InChI=1S/C30H37FN2O2/c1-4-6-7-8-9-10-13-23-21-32-28(33-22-23)27-15-12-11-14-26(27)24-16-18-25(19-17-24)35-29(34)30(3,31)20-5-2/h11-12,14-19,21-22H,4-10,13,20H2,1-3H3. The van der Waals surface area contributed by atoms with Crippen molar-refractivity contribution in [3.05, 3.63) is 66.5 Å². The van der Waals surface area contributed by atoms with Crippen LogP contribution in [0.15, 0.2) is 60.9 Å². The molecule has 0 fully saturated rings. The van der Waals surface area contributed by atoms with Crippen molar-refractivity contribution >= 4 is 5.97 Å². The summed E-state index contributed by atoms with van der Waals surface area (Å²) < 4.78 is 19.7. The summed E-state index contributed by atoms with van der Waals surface area (Å²) in [5.41, 5.74) is 2.03. The number of rotatable bonds is 13. The van der Waals surface area contributed by atoms with E-state index in [4.69, 9.17) is 4.74 Å². The fourth-order valence-electron chi connectivity index (χ4n) is 4.15. The summed E-state index contributed by atoms with van der Waals surface area (Å²) in [6.07, 6.45) is 13.2. The molecule has 3 rings (SSSR count). The van der Waals surface area contributed by atoms with Gasteiger partial charge in [0, 0.05) is 18.0 Å². The molecule has 0 N–H and O–H groups in total. The van der Waals surface area contributed by atoms with Crippen LogP contribution in [-0.4, -0.2) is 21.6 Å². The van der Waals surface area contributed by atoms with Crippen LogP contribution in [0.5, 0.6) is 5.75 Å². The van der Waals surface area contributed by atoms with Crippen LogP contribution in [0.3, 0.4) is 0 Å². The van der Waals surface area contributed by atoms with Crippen molar-refractivity contribution in [3.63, 3.8) is 0 Å². The molecule has 5 heteroatoms. The van der Waals surface area contributed by atoms with Crippen LogP contribution in [0.1, 0.15) is 77.7 Å². The Kier molecular flexibility index (Phi) is 9.95. The van der Waals surface area contributed by atoms with Crippen LogP contribution in [-0.2, 0) is 11.2 Å². The molecule has 0 spiro atoms. The summed E-state index contributed by atoms with van der Waals surface area (Å²) in [7, 11) is 0. The second kappa shape index (κ2) is 13.1. The minimum Gasteiger partial charge on any atom is -0.424 e. The van der Waals surface area contributed by atoms with Crippen molar-refractivity contribution in [1.29, 1.82) is 0 Å². The van der Waals surface area contributed by atoms with E-state index >= 15 is 0 Å². The highest BCUT2D eigenvalue weighted by Gasteiger charge is 2.34. The zero-order valence-corrected chi connectivity index (χ0v) is 21.2. The third-order valence-corrected chi connectivity index (χ3v) is 6.21. The predicted molar refractivity (Wildman–Crippen MR) is 140 cm³/mol. The van der Waals surface area contributed by atoms with E-state index in [1.54, 1.807) is 12.1 Å². The summed E-state index contributed by atoms with van der Waals surface area (Å²) in [4.78, 5) is 21.4. The molecule has 0 aliphatic rings. The molecule has 0 radical (unpaired) electrons. The predicted octanol–water partition coefficient (Wildman–Crippen LogP) is 8.15. The lowest BCUT2D eigenvalue weighted by molar-refractivity contribution is -0.147. The Balaban J connectivity index is 1.67. The van der Waals surface area contributed by atoms with Gasteiger partial charge in [0.1, 0.15) is 5.75 Å². The van der Waals surface area contributed by atoms with Gasteiger partial charge in [-0.25, -0.2) is 19.2 Å². The van der Waals surface area contributed by atoms with Crippen LogP contribution >= 0.6 is 0 Å². The van der Waals surface area contributed by atoms with Crippen molar-refractivity contribution in [2.24, 2.45) is 0 Å². The van der Waals surface area contributed by atoms with Gasteiger partial charge >= 0.3 is 5.97 Å². The van der Waals surface area contributed by atoms with Gasteiger partial charge in [0.05, 0.1) is 0 Å². The maximum absolute atomic E-state index is 14.4. The monoisotopic (exact) mass is 476 g/mol. The Morgan fingerprint density at radius 3 is 2.14 bits per heavy atom. The molecule has 1 unspecified atom stereocenters. The highest BCUT2D eigenvalue weighted by atomic mass is 19.1. The van der Waals surface area contributed by atoms with Crippen molar-refractivity contribution in [3.8, 4) is 28.3 Å². The van der Waals surface area contributed by atoms with Crippen LogP contribution in [0.2, 0.25) is 0 Å². The van der Waals surface area contributed by atoms with Gasteiger partial charge in [0.2, 0.25) is 5.67 Å². The topological polar surface area (TPSA) is 52.1 Å². The van der Waals surface area contributed by atoms with Crippen LogP contribution in [0.25, 0.3) is 22.5 Å². The number of carbonyl (C=O) groups excluding carboxylic acids is 1. The second-order valence-corrected chi connectivity index (χ2v) is 9.34. The highest BCUT2D eigenvalue weighted by Crippen LogP contribution is 2.31. The molecule has 186 valence electrons. The molecule has 4 nitrogen and oxygen atoms in total. The maximum atomic E-state index is 14.4. The number of hydrogen-bond donors (Lipinski definition) is 0. The largest absolute Gasteiger partial charge is 0.424 e. The molecular formula is C30H37FN2O2. The van der Waals surface area contributed by atoms with Crippen molar-refractivity contribution < 1.29 is 13.9 Å². The van der Waals surface area contributed by atoms with Crippen LogP contribution in [0, 0.1) is 0 Å². The van der Waals surface area contributed by atoms with Crippen molar-refractivity contribution in [2.45, 2.75) is 84.2 Å². The van der Waals surface area contributed by atoms with Gasteiger partial charge in [0.15, 0.2) is 5.82 Å². The Morgan fingerprint density at radius 2 is 1.49 bits per heavy atom. The number of ether oxygens (including phenoxy) is 1. The number of aryl methyl sites for hydroxylation is 1. The van der Waals surface area contributed by atoms with Gasteiger partial charge in [-0.3, -0.25) is 0 Å². The Labute approximate surface area is 209 Å². The lowest BCUT2D eigenvalue weighted by Gasteiger charge is -2.17. The Morgan fingerprint density at radius 1 is 0.857 bits per heavy atom. The number of alkyl halides is 1. The van der Waals surface area contributed by atoms with E-state index in [2.05, 4.69) is 16.9 Å². The fraction of sp³-hybridized carbons (Fsp3) is 0.433. The lowest BCUT2D eigenvalue weighted by atomic mass is 9.99. The average Bonchev–Trinajstić information content (AvgIpc) is 2.87. The van der Waals surface area contributed by atoms with E-state index in [1.807, 2.05) is 55.7 Å². The van der Waals surface area contributed by atoms with E-state index in [0.717, 1.165) is 28.7 Å². The first kappa shape index (κ1) is 26.5. The summed E-state index contributed by atoms with van der Waals surface area (Å²) in [6, 6.07) is 15.1. The van der Waals surface area contributed by atoms with E-state index in [-0.39, 0.29) is 6.42 Å². The number of halogens is 1. The van der Waals surface area contributed by atoms with E-state index in [9.17, 15) is 9.18 Å². The molecule has 35 heavy (non-hydrogen) atoms. The maximum Gasteiger partial charge on any atom is 0.348 e. The Hall–Kier alpha value is -3.08. The fourth-order valence-corrected chi connectivity index (χ4v) is 4.15. The summed E-state index contributed by atoms with van der Waals surface area (Å²) in [6.45, 7) is 5.34. The molecule has 0 aliphatic carbocycles. The number of unbranched alkanes of at least 4 members (excludes halogenated alkanes) is 5. The smallest absolute Gasteiger partial charge is 0.348 e. The van der Waals surface area contributed by atoms with Crippen molar-refractivity contribution in [2.75, 3.05) is 0 Å². The van der Waals surface area contributed by atoms with Gasteiger partial charge in [-0.05, 0) is 55.0 Å². The van der Waals surface area contributed by atoms with Gasteiger partial charge in [-0.15, -0.1) is 0 Å². The molecule has 0 saturated carbocycles. The van der Waals surface area contributed by atoms with Gasteiger partial charge in [-0.1, -0.05) is 88.8 Å². The second-order valence-electron chi connectivity index (χ2n) is 9.34. The molecule has 2 aromatic carbocycles. The molecule has 1 atom stereocenters. The number of hydrogen-bond acceptors (Lipinski definition) is 4. The average molecular weight is 477 g/mol. The van der Waals surface area contributed by atoms with Crippen LogP contribution < -0.4 is 4.74 Å². The molecule has 1 heterocycles. The summed E-state index contributed by atoms with van der Waals surface area (Å²) in [5, 5.41) is 0. The molecule has 1 aromatic heterocycles. The minimum atomic E-state index is -1.99. The SMILES string of the molecule is CCCCCCCCc1cnc(-c2ccccc2-c2ccc(OC(=O)C(C)(F)CCC)cc2)nc1. The first-order chi connectivity index (χ1) is 16.9. The van der Waals surface area contributed by atoms with Gasteiger partial charge in [-0.2, -0.15) is 0 Å². The first-order valence-corrected chi connectivity index (χ1v) is 12.9. The summed E-state index contributed by atoms with van der Waals surface area (Å²) >= 11 is 0. The highest BCUT2D eigenvalue weighted by molar-refractivity contribution is 5.82. The number of esters is 1. The molecular weight excluding hydrogens is 439 g/mol. The quantitative estimate of drug-likeness (QED) is 0.142. The third kappa shape index (κ3) is 7.71. The Bertz CT molecular complexity index is 1060. The van der Waals surface area contributed by atoms with Crippen LogP contribution in [0.4, 0.5) is 4.39 Å². The molecule has 0 saturated heterocycles. The van der Waals surface area contributed by atoms with Crippen molar-refractivity contribution in [1.82, 2.24) is 9.97 Å². The van der Waals surface area contributed by atoms with Gasteiger partial charge < -0.3 is 4.74 Å². The molecule has 0 bridgehead atoms. The van der Waals surface area contributed by atoms with E-state index in [0.29, 0.717) is 18.0 Å². The molecule has 0 amide bonds. The number of nitrogens with zero attached hydrogens (tertiary/aromatic N) is 2. The number of benzene rings is 2. The number of aromatic nitrogens is 2. The lowest BCUT2D eigenvalue weighted by Crippen LogP contribution is -2.34. The third-order valence-electron chi connectivity index (χ3n) is 6.21. The normalized spacial score (nSPS) is 12.8. The zero-order chi connectivity index (χ0) is 25.1. The molecule has 3 aromatic rings. The van der Waals surface area contributed by atoms with Gasteiger partial charge in [0.25, 0.3) is 0 Å². The van der Waals surface area contributed by atoms with E-state index < -0.39 is 11.6 Å². The number of carbonyl (C=O) groups is 1. The minimum absolute atomic E-state index is 0.134.